The summed E-state index contributed by atoms with van der Waals surface area (Å²) in [5.41, 5.74) is 6.43. The minimum atomic E-state index is -0.475. The minimum Gasteiger partial charge on any atom is -0.381 e. The highest BCUT2D eigenvalue weighted by Gasteiger charge is 2.38. The summed E-state index contributed by atoms with van der Waals surface area (Å²) in [6, 6.07) is 4.13. The number of carbonyl (C=O) groups is 1. The quantitative estimate of drug-likeness (QED) is 0.850. The molecule has 6 nitrogen and oxygen atoms in total. The molecule has 3 rings (SSSR count). The Morgan fingerprint density at radius 2 is 1.92 bits per heavy atom. The summed E-state index contributed by atoms with van der Waals surface area (Å²) in [6.07, 6.45) is 8.38. The van der Waals surface area contributed by atoms with Crippen LogP contribution in [0.25, 0.3) is 0 Å². The molecule has 0 spiro atoms. The Balaban J connectivity index is 1.55. The van der Waals surface area contributed by atoms with Crippen molar-refractivity contribution in [3.63, 3.8) is 0 Å². The predicted molar refractivity (Wildman–Crippen MR) is 98.3 cm³/mol. The van der Waals surface area contributed by atoms with E-state index in [-0.39, 0.29) is 5.91 Å². The van der Waals surface area contributed by atoms with Crippen LogP contribution < -0.4 is 16.0 Å². The first-order valence-electron chi connectivity index (χ1n) is 9.49. The van der Waals surface area contributed by atoms with Gasteiger partial charge in [-0.1, -0.05) is 18.9 Å². The van der Waals surface area contributed by atoms with Crippen LogP contribution in [0.15, 0.2) is 18.3 Å². The van der Waals surface area contributed by atoms with E-state index < -0.39 is 5.41 Å². The summed E-state index contributed by atoms with van der Waals surface area (Å²) in [5.74, 6) is 1.08. The molecule has 3 N–H and O–H groups in total. The number of ether oxygens (including phenoxy) is 1. The third-order valence-corrected chi connectivity index (χ3v) is 5.51. The number of aromatic nitrogens is 1. The lowest BCUT2D eigenvalue weighted by Gasteiger charge is -2.34. The fraction of sp³-hybridized carbons (Fsp3) is 0.684. The first kappa shape index (κ1) is 18.1. The number of nitrogens with zero attached hydrogens (tertiary/aromatic N) is 2. The van der Waals surface area contributed by atoms with Crippen molar-refractivity contribution in [2.24, 2.45) is 11.1 Å². The van der Waals surface area contributed by atoms with Crippen molar-refractivity contribution in [2.75, 3.05) is 37.7 Å². The van der Waals surface area contributed by atoms with Crippen molar-refractivity contribution < 1.29 is 9.53 Å². The Morgan fingerprint density at radius 3 is 2.52 bits per heavy atom. The summed E-state index contributed by atoms with van der Waals surface area (Å²) in [5, 5.41) is 3.04. The van der Waals surface area contributed by atoms with Crippen LogP contribution in [0.1, 0.15) is 44.1 Å². The van der Waals surface area contributed by atoms with E-state index in [2.05, 4.69) is 27.3 Å². The van der Waals surface area contributed by atoms with Gasteiger partial charge in [-0.2, -0.15) is 0 Å². The normalized spacial score (nSPS) is 20.8. The van der Waals surface area contributed by atoms with Crippen LogP contribution in [-0.2, 0) is 16.1 Å². The zero-order valence-corrected chi connectivity index (χ0v) is 15.0. The van der Waals surface area contributed by atoms with Crippen LogP contribution in [0, 0.1) is 5.41 Å². The molecule has 0 bridgehead atoms. The minimum absolute atomic E-state index is 0.0369. The molecule has 2 aliphatic heterocycles. The number of hydrogen-bond donors (Lipinski definition) is 2. The largest absolute Gasteiger partial charge is 0.381 e. The van der Waals surface area contributed by atoms with Crippen LogP contribution in [0.5, 0.6) is 0 Å². The van der Waals surface area contributed by atoms with Crippen LogP contribution in [-0.4, -0.2) is 43.7 Å². The van der Waals surface area contributed by atoms with E-state index in [9.17, 15) is 4.79 Å². The molecule has 0 aliphatic carbocycles. The van der Waals surface area contributed by atoms with E-state index in [1.165, 1.54) is 25.7 Å². The van der Waals surface area contributed by atoms with Gasteiger partial charge in [-0.15, -0.1) is 0 Å². The van der Waals surface area contributed by atoms with Gasteiger partial charge in [0.1, 0.15) is 5.82 Å². The van der Waals surface area contributed by atoms with Gasteiger partial charge in [0.15, 0.2) is 0 Å². The van der Waals surface area contributed by atoms with Crippen LogP contribution in [0.2, 0.25) is 0 Å². The van der Waals surface area contributed by atoms with E-state index >= 15 is 0 Å². The number of amides is 1. The topological polar surface area (TPSA) is 80.5 Å². The number of hydrogen-bond acceptors (Lipinski definition) is 5. The van der Waals surface area contributed by atoms with Crippen molar-refractivity contribution in [1.29, 1.82) is 0 Å². The molecule has 1 aromatic rings. The van der Waals surface area contributed by atoms with Crippen molar-refractivity contribution >= 4 is 11.7 Å². The molecule has 138 valence electrons. The van der Waals surface area contributed by atoms with Gasteiger partial charge in [-0.05, 0) is 37.3 Å². The fourth-order valence-corrected chi connectivity index (χ4v) is 3.66. The maximum absolute atomic E-state index is 12.6. The lowest BCUT2D eigenvalue weighted by Crippen LogP contribution is -2.48. The third kappa shape index (κ3) is 4.50. The molecule has 1 amide bonds. The van der Waals surface area contributed by atoms with Crippen molar-refractivity contribution in [3.8, 4) is 0 Å². The number of nitrogens with two attached hydrogens (primary N) is 1. The van der Waals surface area contributed by atoms with Gasteiger partial charge in [0, 0.05) is 45.6 Å². The van der Waals surface area contributed by atoms with Crippen LogP contribution in [0.4, 0.5) is 5.82 Å². The molecule has 3 heterocycles. The first-order chi connectivity index (χ1) is 12.2. The molecule has 2 fully saturated rings. The Hall–Kier alpha value is -1.66. The highest BCUT2D eigenvalue weighted by atomic mass is 16.5. The van der Waals surface area contributed by atoms with Crippen molar-refractivity contribution in [1.82, 2.24) is 10.3 Å². The predicted octanol–water partition coefficient (Wildman–Crippen LogP) is 1.83. The van der Waals surface area contributed by atoms with E-state index in [0.29, 0.717) is 39.1 Å². The Morgan fingerprint density at radius 1 is 1.20 bits per heavy atom. The molecule has 2 saturated heterocycles. The summed E-state index contributed by atoms with van der Waals surface area (Å²) in [7, 11) is 0. The Labute approximate surface area is 150 Å². The lowest BCUT2D eigenvalue weighted by atomic mass is 9.79. The number of nitrogens with one attached hydrogen (secondary N) is 1. The molecule has 2 aliphatic rings. The second-order valence-electron chi connectivity index (χ2n) is 7.21. The summed E-state index contributed by atoms with van der Waals surface area (Å²) in [4.78, 5) is 19.6. The SMILES string of the molecule is NCC1(C(=O)NCc2ccc(N3CCCCCC3)nc2)CCOCC1. The molecule has 25 heavy (non-hydrogen) atoms. The van der Waals surface area contributed by atoms with Gasteiger partial charge in [-0.3, -0.25) is 4.79 Å². The van der Waals surface area contributed by atoms with Crippen LogP contribution >= 0.6 is 0 Å². The smallest absolute Gasteiger partial charge is 0.227 e. The number of rotatable bonds is 5. The first-order valence-corrected chi connectivity index (χ1v) is 9.49. The second kappa shape index (κ2) is 8.63. The van der Waals surface area contributed by atoms with Crippen molar-refractivity contribution in [2.45, 2.75) is 45.1 Å². The molecule has 0 atom stereocenters. The Kier molecular flexibility index (Phi) is 6.26. The van der Waals surface area contributed by atoms with Gasteiger partial charge in [0.2, 0.25) is 5.91 Å². The van der Waals surface area contributed by atoms with E-state index in [4.69, 9.17) is 10.5 Å². The average molecular weight is 346 g/mol. The summed E-state index contributed by atoms with van der Waals surface area (Å²) < 4.78 is 5.37. The monoisotopic (exact) mass is 346 g/mol. The molecule has 0 aromatic carbocycles. The van der Waals surface area contributed by atoms with Gasteiger partial charge in [-0.25, -0.2) is 4.98 Å². The maximum atomic E-state index is 12.6. The second-order valence-corrected chi connectivity index (χ2v) is 7.21. The molecule has 1 aromatic heterocycles. The zero-order valence-electron chi connectivity index (χ0n) is 15.0. The zero-order chi connectivity index (χ0) is 17.5. The summed E-state index contributed by atoms with van der Waals surface area (Å²) in [6.45, 7) is 4.25. The number of pyridine rings is 1. The molecular formula is C19H30N4O2. The van der Waals surface area contributed by atoms with Crippen molar-refractivity contribution in [3.05, 3.63) is 23.9 Å². The van der Waals surface area contributed by atoms with Gasteiger partial charge in [0.25, 0.3) is 0 Å². The molecule has 0 radical (unpaired) electrons. The molecular weight excluding hydrogens is 316 g/mol. The average Bonchev–Trinajstić information content (AvgIpc) is 2.96. The maximum Gasteiger partial charge on any atom is 0.227 e. The van der Waals surface area contributed by atoms with E-state index in [1.54, 1.807) is 0 Å². The van der Waals surface area contributed by atoms with E-state index in [1.807, 2.05) is 6.20 Å². The highest BCUT2D eigenvalue weighted by molar-refractivity contribution is 5.83. The van der Waals surface area contributed by atoms with Crippen LogP contribution in [0.3, 0.4) is 0 Å². The fourth-order valence-electron chi connectivity index (χ4n) is 3.66. The number of anilines is 1. The molecule has 0 unspecified atom stereocenters. The Bertz CT molecular complexity index is 547. The van der Waals surface area contributed by atoms with Gasteiger partial charge < -0.3 is 20.7 Å². The van der Waals surface area contributed by atoms with Gasteiger partial charge in [0.05, 0.1) is 5.41 Å². The standard InChI is InChI=1S/C19H30N4O2/c20-15-19(7-11-25-12-8-19)18(24)22-14-16-5-6-17(21-13-16)23-9-3-1-2-4-10-23/h5-6,13H,1-4,7-12,14-15,20H2,(H,22,24). The summed E-state index contributed by atoms with van der Waals surface area (Å²) >= 11 is 0. The lowest BCUT2D eigenvalue weighted by molar-refractivity contribution is -0.136. The molecule has 6 heteroatoms. The third-order valence-electron chi connectivity index (χ3n) is 5.51. The van der Waals surface area contributed by atoms with E-state index in [0.717, 1.165) is 24.5 Å². The highest BCUT2D eigenvalue weighted by Crippen LogP contribution is 2.29. The molecule has 0 saturated carbocycles. The number of carbonyl (C=O) groups excluding carboxylic acids is 1. The van der Waals surface area contributed by atoms with Gasteiger partial charge >= 0.3 is 0 Å².